The molecule has 1 N–H and O–H groups in total. The molecule has 0 radical (unpaired) electrons. The molecule has 5 rings (SSSR count). The fourth-order valence-corrected chi connectivity index (χ4v) is 4.52. The first-order valence-electron chi connectivity index (χ1n) is 10.3. The first-order valence-corrected chi connectivity index (χ1v) is 10.7. The fraction of sp³-hybridized carbons (Fsp3) is 0.409. The number of nitrogens with zero attached hydrogens (tertiary/aromatic N) is 4. The average molecular weight is 445 g/mol. The van der Waals surface area contributed by atoms with Gasteiger partial charge in [0.1, 0.15) is 17.7 Å². The van der Waals surface area contributed by atoms with Crippen LogP contribution in [0.5, 0.6) is 5.75 Å². The first kappa shape index (κ1) is 20.2. The van der Waals surface area contributed by atoms with Crippen LogP contribution in [0.25, 0.3) is 5.65 Å². The van der Waals surface area contributed by atoms with Crippen LogP contribution in [-0.2, 0) is 13.1 Å². The summed E-state index contributed by atoms with van der Waals surface area (Å²) in [4.78, 5) is 19.5. The van der Waals surface area contributed by atoms with Gasteiger partial charge in [0.2, 0.25) is 0 Å². The Kier molecular flexibility index (Phi) is 4.86. The van der Waals surface area contributed by atoms with Crippen LogP contribution in [0.15, 0.2) is 18.2 Å². The maximum atomic E-state index is 13.9. The number of hydrogen-bond acceptors (Lipinski definition) is 5. The van der Waals surface area contributed by atoms with Crippen molar-refractivity contribution in [2.75, 3.05) is 0 Å². The highest BCUT2D eigenvalue weighted by Crippen LogP contribution is 2.33. The molecule has 1 saturated carbocycles. The molecule has 162 valence electrons. The normalized spacial score (nSPS) is 20.5. The standard InChI is InChI=1S/C22H22ClFN4O3/c1-11-20(23)12(2)28-21(25-11)17-9-27(10-18(17)26-28)22(30)16-6-3-13(24)7-19(16)31-15-5-4-14(29)8-15/h3,6-7,14-15,29H,4-5,8-10H2,1-2H3/t14-,15+/m0/s1. The van der Waals surface area contributed by atoms with Crippen molar-refractivity contribution < 1.29 is 19.0 Å². The Labute approximate surface area is 183 Å². The van der Waals surface area contributed by atoms with Crippen LogP contribution in [0, 0.1) is 19.7 Å². The van der Waals surface area contributed by atoms with Crippen molar-refractivity contribution in [3.8, 4) is 5.75 Å². The van der Waals surface area contributed by atoms with Gasteiger partial charge in [-0.15, -0.1) is 0 Å². The Bertz CT molecular complexity index is 1210. The lowest BCUT2D eigenvalue weighted by Crippen LogP contribution is -2.27. The molecule has 1 amide bonds. The van der Waals surface area contributed by atoms with E-state index in [0.29, 0.717) is 54.3 Å². The minimum atomic E-state index is -0.473. The highest BCUT2D eigenvalue weighted by molar-refractivity contribution is 6.31. The zero-order valence-electron chi connectivity index (χ0n) is 17.2. The van der Waals surface area contributed by atoms with E-state index >= 15 is 0 Å². The first-order chi connectivity index (χ1) is 14.8. The van der Waals surface area contributed by atoms with Crippen LogP contribution in [0.2, 0.25) is 5.02 Å². The average Bonchev–Trinajstić information content (AvgIpc) is 3.41. The number of ether oxygens (including phenoxy) is 1. The second-order valence-electron chi connectivity index (χ2n) is 8.27. The summed E-state index contributed by atoms with van der Waals surface area (Å²) >= 11 is 6.30. The van der Waals surface area contributed by atoms with Crippen LogP contribution in [0.3, 0.4) is 0 Å². The summed E-state index contributed by atoms with van der Waals surface area (Å²) in [6, 6.07) is 3.95. The van der Waals surface area contributed by atoms with Gasteiger partial charge < -0.3 is 14.7 Å². The van der Waals surface area contributed by atoms with E-state index in [-0.39, 0.29) is 17.8 Å². The number of carbonyl (C=O) groups excluding carboxylic acids is 1. The van der Waals surface area contributed by atoms with E-state index in [4.69, 9.17) is 16.3 Å². The van der Waals surface area contributed by atoms with Gasteiger partial charge >= 0.3 is 0 Å². The molecule has 31 heavy (non-hydrogen) atoms. The van der Waals surface area contributed by atoms with E-state index in [0.717, 1.165) is 17.0 Å². The predicted molar refractivity (Wildman–Crippen MR) is 112 cm³/mol. The van der Waals surface area contributed by atoms with Crippen LogP contribution >= 0.6 is 11.6 Å². The molecule has 3 aromatic rings. The summed E-state index contributed by atoms with van der Waals surface area (Å²) in [5.74, 6) is -0.522. The molecule has 2 atom stereocenters. The molecule has 2 aromatic heterocycles. The highest BCUT2D eigenvalue weighted by Gasteiger charge is 2.32. The Hall–Kier alpha value is -2.71. The maximum Gasteiger partial charge on any atom is 0.258 e. The van der Waals surface area contributed by atoms with Crippen LogP contribution < -0.4 is 4.74 Å². The van der Waals surface area contributed by atoms with Crippen molar-refractivity contribution in [3.05, 3.63) is 57.2 Å². The SMILES string of the molecule is Cc1nc2c3c(nn2c(C)c1Cl)CN(C(=O)c1ccc(F)cc1O[C@@H]1CC[C@H](O)C1)C3. The molecule has 0 bridgehead atoms. The third kappa shape index (κ3) is 3.43. The lowest BCUT2D eigenvalue weighted by molar-refractivity contribution is 0.0741. The molecule has 1 fully saturated rings. The smallest absolute Gasteiger partial charge is 0.258 e. The second-order valence-corrected chi connectivity index (χ2v) is 8.64. The number of aryl methyl sites for hydroxylation is 2. The van der Waals surface area contributed by atoms with Gasteiger partial charge in [-0.05, 0) is 38.8 Å². The van der Waals surface area contributed by atoms with E-state index in [1.807, 2.05) is 13.8 Å². The van der Waals surface area contributed by atoms with Gasteiger partial charge in [0.15, 0.2) is 5.65 Å². The summed E-state index contributed by atoms with van der Waals surface area (Å²) in [7, 11) is 0. The summed E-state index contributed by atoms with van der Waals surface area (Å²) in [5, 5.41) is 14.9. The summed E-state index contributed by atoms with van der Waals surface area (Å²) < 4.78 is 21.5. The zero-order chi connectivity index (χ0) is 21.9. The number of fused-ring (bicyclic) bond motifs is 3. The maximum absolute atomic E-state index is 13.9. The largest absolute Gasteiger partial charge is 0.489 e. The molecule has 0 unspecified atom stereocenters. The number of rotatable bonds is 3. The molecular weight excluding hydrogens is 423 g/mol. The predicted octanol–water partition coefficient (Wildman–Crippen LogP) is 3.59. The summed E-state index contributed by atoms with van der Waals surface area (Å²) in [6.07, 6.45) is 1.13. The monoisotopic (exact) mass is 444 g/mol. The van der Waals surface area contributed by atoms with Crippen molar-refractivity contribution in [3.63, 3.8) is 0 Å². The third-order valence-electron chi connectivity index (χ3n) is 6.07. The number of hydrogen-bond donors (Lipinski definition) is 1. The molecule has 0 spiro atoms. The molecule has 0 saturated heterocycles. The van der Waals surface area contributed by atoms with Crippen LogP contribution in [0.4, 0.5) is 4.39 Å². The van der Waals surface area contributed by atoms with Gasteiger partial charge in [-0.3, -0.25) is 4.79 Å². The van der Waals surface area contributed by atoms with Gasteiger partial charge in [-0.2, -0.15) is 5.10 Å². The van der Waals surface area contributed by atoms with Crippen LogP contribution in [0.1, 0.15) is 52.3 Å². The van der Waals surface area contributed by atoms with Gasteiger partial charge in [0.25, 0.3) is 5.91 Å². The lowest BCUT2D eigenvalue weighted by atomic mass is 10.1. The van der Waals surface area contributed by atoms with Crippen molar-refractivity contribution in [2.45, 2.75) is 58.4 Å². The number of aliphatic hydroxyl groups is 1. The van der Waals surface area contributed by atoms with E-state index in [1.165, 1.54) is 18.2 Å². The molecule has 3 heterocycles. The Morgan fingerprint density at radius 3 is 2.84 bits per heavy atom. The second kappa shape index (κ2) is 7.46. The molecule has 9 heteroatoms. The number of aromatic nitrogens is 3. The lowest BCUT2D eigenvalue weighted by Gasteiger charge is -2.20. The Morgan fingerprint density at radius 2 is 2.10 bits per heavy atom. The van der Waals surface area contributed by atoms with Crippen molar-refractivity contribution in [1.82, 2.24) is 19.5 Å². The van der Waals surface area contributed by atoms with Crippen molar-refractivity contribution in [1.29, 1.82) is 0 Å². The number of aliphatic hydroxyl groups excluding tert-OH is 1. The Balaban J connectivity index is 1.43. The van der Waals surface area contributed by atoms with Gasteiger partial charge in [0.05, 0.1) is 46.9 Å². The molecule has 2 aliphatic rings. The van der Waals surface area contributed by atoms with Crippen LogP contribution in [-0.4, -0.2) is 42.7 Å². The molecule has 1 aliphatic carbocycles. The van der Waals surface area contributed by atoms with Crippen molar-refractivity contribution >= 4 is 23.2 Å². The summed E-state index contributed by atoms with van der Waals surface area (Å²) in [5.41, 5.74) is 4.18. The van der Waals surface area contributed by atoms with Gasteiger partial charge in [-0.25, -0.2) is 13.9 Å². The molecule has 1 aromatic carbocycles. The van der Waals surface area contributed by atoms with E-state index in [2.05, 4.69) is 10.1 Å². The quantitative estimate of drug-likeness (QED) is 0.667. The highest BCUT2D eigenvalue weighted by atomic mass is 35.5. The van der Waals surface area contributed by atoms with E-state index in [1.54, 1.807) is 9.42 Å². The summed E-state index contributed by atoms with van der Waals surface area (Å²) in [6.45, 7) is 4.41. The fourth-order valence-electron chi connectivity index (χ4n) is 4.40. The number of halogens is 2. The van der Waals surface area contributed by atoms with E-state index < -0.39 is 11.9 Å². The van der Waals surface area contributed by atoms with Gasteiger partial charge in [0, 0.05) is 18.1 Å². The topological polar surface area (TPSA) is 80.0 Å². The number of benzene rings is 1. The third-order valence-corrected chi connectivity index (χ3v) is 6.61. The minimum Gasteiger partial charge on any atom is -0.489 e. The molecule has 7 nitrogen and oxygen atoms in total. The molecule has 1 aliphatic heterocycles. The molecular formula is C22H22ClFN4O3. The number of amides is 1. The zero-order valence-corrected chi connectivity index (χ0v) is 18.0. The number of carbonyl (C=O) groups is 1. The van der Waals surface area contributed by atoms with Crippen molar-refractivity contribution in [2.24, 2.45) is 0 Å². The van der Waals surface area contributed by atoms with E-state index in [9.17, 15) is 14.3 Å². The van der Waals surface area contributed by atoms with Gasteiger partial charge in [-0.1, -0.05) is 11.6 Å². The minimum absolute atomic E-state index is 0.208. The Morgan fingerprint density at radius 1 is 1.29 bits per heavy atom.